The monoisotopic (exact) mass is 575 g/mol. The fourth-order valence-electron chi connectivity index (χ4n) is 3.32. The molecule has 0 N–H and O–H groups in total. The Morgan fingerprint density at radius 2 is 1.11 bits per heavy atom. The van der Waals surface area contributed by atoms with Crippen LogP contribution in [0.25, 0.3) is 0 Å². The second kappa shape index (κ2) is 20.3. The van der Waals surface area contributed by atoms with Crippen molar-refractivity contribution in [3.63, 3.8) is 0 Å². The van der Waals surface area contributed by atoms with Crippen molar-refractivity contribution in [2.75, 3.05) is 0 Å². The Morgan fingerprint density at radius 3 is 1.47 bits per heavy atom. The molecular weight excluding hydrogens is 526 g/mol. The van der Waals surface area contributed by atoms with Crippen LogP contribution in [0.1, 0.15) is 83.8 Å². The number of aryl methyl sites for hydroxylation is 4. The molecule has 38 heavy (non-hydrogen) atoms. The van der Waals surface area contributed by atoms with Crippen LogP contribution in [0.15, 0.2) is 108 Å². The molecule has 0 saturated carbocycles. The fraction of sp³-hybridized carbons (Fsp3) is 0.361. The third-order valence-electron chi connectivity index (χ3n) is 5.86. The Morgan fingerprint density at radius 1 is 0.579 bits per heavy atom. The van der Waals surface area contributed by atoms with Gasteiger partial charge in [-0.1, -0.05) is 145 Å². The molecule has 0 aliphatic carbocycles. The summed E-state index contributed by atoms with van der Waals surface area (Å²) in [5, 5.41) is 0. The van der Waals surface area contributed by atoms with Crippen molar-refractivity contribution in [2.24, 2.45) is 0 Å². The van der Waals surface area contributed by atoms with Gasteiger partial charge in [0.05, 0.1) is 0 Å². The molecule has 0 radical (unpaired) electrons. The van der Waals surface area contributed by atoms with Crippen molar-refractivity contribution >= 4 is 15.9 Å². The minimum atomic E-state index is 0. The third-order valence-corrected chi connectivity index (χ3v) is 6.36. The van der Waals surface area contributed by atoms with Crippen molar-refractivity contribution in [3.05, 3.63) is 136 Å². The molecule has 1 aromatic heterocycles. The number of nitrogens with zero attached hydrogens (tertiary/aromatic N) is 1. The summed E-state index contributed by atoms with van der Waals surface area (Å²) in [4.78, 5) is 4.10. The summed E-state index contributed by atoms with van der Waals surface area (Å²) < 4.78 is 1.17. The summed E-state index contributed by atoms with van der Waals surface area (Å²) in [5.41, 5.74) is 7.07. The van der Waals surface area contributed by atoms with Gasteiger partial charge in [0.25, 0.3) is 0 Å². The van der Waals surface area contributed by atoms with Crippen molar-refractivity contribution in [1.82, 2.24) is 4.98 Å². The van der Waals surface area contributed by atoms with E-state index in [0.717, 1.165) is 31.4 Å². The zero-order valence-corrected chi connectivity index (χ0v) is 25.6. The Bertz CT molecular complexity index is 1040. The van der Waals surface area contributed by atoms with Crippen LogP contribution in [0.2, 0.25) is 0 Å². The summed E-state index contributed by atoms with van der Waals surface area (Å²) in [5.74, 6) is 0. The van der Waals surface area contributed by atoms with E-state index in [9.17, 15) is 0 Å². The predicted octanol–water partition coefficient (Wildman–Crippen LogP) is 11.1. The van der Waals surface area contributed by atoms with Crippen LogP contribution in [0.5, 0.6) is 0 Å². The molecule has 4 aromatic rings. The average Bonchev–Trinajstić information content (AvgIpc) is 2.94. The number of aromatic nitrogens is 1. The van der Waals surface area contributed by atoms with E-state index in [2.05, 4.69) is 136 Å². The Kier molecular flexibility index (Phi) is 18.8. The second-order valence-corrected chi connectivity index (χ2v) is 10.7. The molecular formula is C36H50BrN. The molecule has 4 rings (SSSR count). The fourth-order valence-corrected chi connectivity index (χ4v) is 3.76. The van der Waals surface area contributed by atoms with Gasteiger partial charge in [0.2, 0.25) is 0 Å². The summed E-state index contributed by atoms with van der Waals surface area (Å²) in [7, 11) is 0. The molecule has 1 heterocycles. The van der Waals surface area contributed by atoms with Crippen molar-refractivity contribution in [1.29, 1.82) is 0 Å². The Hall–Kier alpha value is -2.71. The van der Waals surface area contributed by atoms with Crippen LogP contribution in [0.4, 0.5) is 0 Å². The lowest BCUT2D eigenvalue weighted by Gasteiger charge is -2.18. The largest absolute Gasteiger partial charge is 0.261 e. The SMILES string of the molecule is C.CCc1ccc(C(C)(C)C)cc1.CCc1cccc(Br)c1.CCc1ccccc1.CCc1ccccn1. The molecule has 0 bridgehead atoms. The Balaban J connectivity index is 0.000000483. The molecule has 0 fully saturated rings. The standard InChI is InChI=1S/C12H18.C8H9Br.C8H10.C7H9N.CH4/c1-5-10-6-8-11(9-7-10)12(2,3)4;1-2-7-4-3-5-8(9)6-7;1-2-8-6-4-3-5-7-8;1-2-7-5-3-4-6-8-7;/h6-9H,5H2,1-4H3;3-6H,2H2,1H3;3-7H,2H2,1H3;3-6H,2H2,1H3;1H4. The molecule has 3 aromatic carbocycles. The van der Waals surface area contributed by atoms with Gasteiger partial charge in [-0.05, 0) is 77.6 Å². The Labute approximate surface area is 242 Å². The highest BCUT2D eigenvalue weighted by atomic mass is 79.9. The molecule has 0 spiro atoms. The van der Waals surface area contributed by atoms with Gasteiger partial charge in [0.1, 0.15) is 0 Å². The van der Waals surface area contributed by atoms with Gasteiger partial charge < -0.3 is 0 Å². The van der Waals surface area contributed by atoms with E-state index in [0.29, 0.717) is 0 Å². The van der Waals surface area contributed by atoms with E-state index in [1.807, 2.05) is 36.5 Å². The topological polar surface area (TPSA) is 12.9 Å². The van der Waals surface area contributed by atoms with Crippen LogP contribution in [0, 0.1) is 0 Å². The van der Waals surface area contributed by atoms with Gasteiger partial charge in [0.15, 0.2) is 0 Å². The number of hydrogen-bond acceptors (Lipinski definition) is 1. The number of benzene rings is 3. The lowest BCUT2D eigenvalue weighted by Crippen LogP contribution is -2.10. The maximum absolute atomic E-state index is 4.10. The predicted molar refractivity (Wildman–Crippen MR) is 174 cm³/mol. The first-order valence-corrected chi connectivity index (χ1v) is 14.3. The van der Waals surface area contributed by atoms with Crippen LogP contribution in [-0.4, -0.2) is 4.98 Å². The van der Waals surface area contributed by atoms with Gasteiger partial charge in [0, 0.05) is 16.4 Å². The summed E-state index contributed by atoms with van der Waals surface area (Å²) >= 11 is 3.40. The summed E-state index contributed by atoms with van der Waals surface area (Å²) in [6.07, 6.45) is 6.23. The van der Waals surface area contributed by atoms with E-state index in [1.54, 1.807) is 0 Å². The summed E-state index contributed by atoms with van der Waals surface area (Å²) in [6, 6.07) is 33.7. The lowest BCUT2D eigenvalue weighted by atomic mass is 9.86. The quantitative estimate of drug-likeness (QED) is 0.235. The van der Waals surface area contributed by atoms with Crippen LogP contribution < -0.4 is 0 Å². The minimum absolute atomic E-state index is 0. The molecule has 0 saturated heterocycles. The molecule has 0 atom stereocenters. The van der Waals surface area contributed by atoms with Gasteiger partial charge in [-0.2, -0.15) is 0 Å². The molecule has 0 amide bonds. The van der Waals surface area contributed by atoms with E-state index in [-0.39, 0.29) is 12.8 Å². The highest BCUT2D eigenvalue weighted by Gasteiger charge is 2.12. The highest BCUT2D eigenvalue weighted by Crippen LogP contribution is 2.22. The van der Waals surface area contributed by atoms with Gasteiger partial charge in [-0.15, -0.1) is 0 Å². The smallest absolute Gasteiger partial charge is 0.0400 e. The second-order valence-electron chi connectivity index (χ2n) is 9.80. The highest BCUT2D eigenvalue weighted by molar-refractivity contribution is 9.10. The first-order valence-electron chi connectivity index (χ1n) is 13.5. The van der Waals surface area contributed by atoms with E-state index >= 15 is 0 Å². The first kappa shape index (κ1) is 35.3. The normalized spacial score (nSPS) is 9.79. The zero-order chi connectivity index (χ0) is 27.5. The lowest BCUT2D eigenvalue weighted by molar-refractivity contribution is 0.590. The van der Waals surface area contributed by atoms with Crippen LogP contribution >= 0.6 is 15.9 Å². The summed E-state index contributed by atoms with van der Waals surface area (Å²) in [6.45, 7) is 15.3. The number of halogens is 1. The van der Waals surface area contributed by atoms with E-state index in [4.69, 9.17) is 0 Å². The molecule has 206 valence electrons. The van der Waals surface area contributed by atoms with Crippen molar-refractivity contribution in [2.45, 2.75) is 87.0 Å². The first-order chi connectivity index (χ1) is 17.7. The molecule has 0 aliphatic rings. The maximum Gasteiger partial charge on any atom is 0.0400 e. The zero-order valence-electron chi connectivity index (χ0n) is 24.0. The number of hydrogen-bond donors (Lipinski definition) is 0. The molecule has 0 unspecified atom stereocenters. The molecule has 0 aliphatic heterocycles. The number of rotatable bonds is 4. The van der Waals surface area contributed by atoms with Gasteiger partial charge in [-0.3, -0.25) is 4.98 Å². The van der Waals surface area contributed by atoms with Crippen molar-refractivity contribution < 1.29 is 0 Å². The van der Waals surface area contributed by atoms with Gasteiger partial charge >= 0.3 is 0 Å². The van der Waals surface area contributed by atoms with Crippen LogP contribution in [0.3, 0.4) is 0 Å². The minimum Gasteiger partial charge on any atom is -0.261 e. The average molecular weight is 577 g/mol. The van der Waals surface area contributed by atoms with Crippen molar-refractivity contribution in [3.8, 4) is 0 Å². The maximum atomic E-state index is 4.10. The van der Waals surface area contributed by atoms with E-state index < -0.39 is 0 Å². The molecule has 1 nitrogen and oxygen atoms in total. The third kappa shape index (κ3) is 15.5. The molecule has 2 heteroatoms. The number of pyridine rings is 1. The van der Waals surface area contributed by atoms with Gasteiger partial charge in [-0.25, -0.2) is 0 Å². The van der Waals surface area contributed by atoms with E-state index in [1.165, 1.54) is 26.7 Å². The van der Waals surface area contributed by atoms with Crippen LogP contribution in [-0.2, 0) is 31.1 Å².